The Labute approximate surface area is 181 Å². The number of piperidine rings is 1. The SMILES string of the molecule is COc1cc2c(cc1OC)S(=O)(=O)C(CC1(F)CCN(Cc3ccccc3F)CC1)C2. The van der Waals surface area contributed by atoms with Gasteiger partial charge in [-0.1, -0.05) is 18.2 Å². The van der Waals surface area contributed by atoms with E-state index in [0.717, 1.165) is 0 Å². The van der Waals surface area contributed by atoms with E-state index in [1.54, 1.807) is 24.3 Å². The van der Waals surface area contributed by atoms with Crippen molar-refractivity contribution in [3.63, 3.8) is 0 Å². The van der Waals surface area contributed by atoms with Crippen LogP contribution in [0, 0.1) is 5.82 Å². The van der Waals surface area contributed by atoms with E-state index in [1.165, 1.54) is 26.4 Å². The molecule has 31 heavy (non-hydrogen) atoms. The van der Waals surface area contributed by atoms with Crippen LogP contribution in [0.15, 0.2) is 41.3 Å². The number of alkyl halides is 1. The molecule has 0 aromatic heterocycles. The summed E-state index contributed by atoms with van der Waals surface area (Å²) in [4.78, 5) is 2.22. The molecule has 0 aliphatic carbocycles. The highest BCUT2D eigenvalue weighted by Gasteiger charge is 2.45. The zero-order valence-electron chi connectivity index (χ0n) is 17.7. The van der Waals surface area contributed by atoms with Crippen LogP contribution in [0.4, 0.5) is 8.78 Å². The fourth-order valence-electron chi connectivity index (χ4n) is 4.63. The Kier molecular flexibility index (Phi) is 5.96. The molecule has 1 saturated heterocycles. The second kappa shape index (κ2) is 8.39. The second-order valence-corrected chi connectivity index (χ2v) is 10.6. The van der Waals surface area contributed by atoms with E-state index in [2.05, 4.69) is 0 Å². The average Bonchev–Trinajstić information content (AvgIpc) is 2.99. The van der Waals surface area contributed by atoms with Gasteiger partial charge in [0, 0.05) is 31.3 Å². The van der Waals surface area contributed by atoms with Crippen LogP contribution in [-0.2, 0) is 22.8 Å². The van der Waals surface area contributed by atoms with Crippen LogP contribution in [-0.4, -0.2) is 51.5 Å². The van der Waals surface area contributed by atoms with Crippen LogP contribution in [0.25, 0.3) is 0 Å². The van der Waals surface area contributed by atoms with Crippen molar-refractivity contribution in [1.29, 1.82) is 0 Å². The van der Waals surface area contributed by atoms with Crippen molar-refractivity contribution in [2.45, 2.75) is 48.0 Å². The summed E-state index contributed by atoms with van der Waals surface area (Å²) in [5.41, 5.74) is -0.325. The molecule has 168 valence electrons. The molecule has 0 radical (unpaired) electrons. The van der Waals surface area contributed by atoms with Crippen molar-refractivity contribution < 1.29 is 26.7 Å². The molecule has 0 bridgehead atoms. The minimum atomic E-state index is -3.65. The summed E-state index contributed by atoms with van der Waals surface area (Å²) in [5, 5.41) is -0.803. The van der Waals surface area contributed by atoms with Gasteiger partial charge < -0.3 is 9.47 Å². The van der Waals surface area contributed by atoms with Crippen molar-refractivity contribution in [2.24, 2.45) is 0 Å². The molecular weight excluding hydrogens is 424 g/mol. The smallest absolute Gasteiger partial charge is 0.182 e. The lowest BCUT2D eigenvalue weighted by Gasteiger charge is -2.37. The Morgan fingerprint density at radius 2 is 1.74 bits per heavy atom. The third kappa shape index (κ3) is 4.28. The summed E-state index contributed by atoms with van der Waals surface area (Å²) < 4.78 is 66.3. The largest absolute Gasteiger partial charge is 0.493 e. The van der Waals surface area contributed by atoms with E-state index >= 15 is 4.39 Å². The number of hydrogen-bond donors (Lipinski definition) is 0. The lowest BCUT2D eigenvalue weighted by molar-refractivity contribution is 0.0467. The van der Waals surface area contributed by atoms with Gasteiger partial charge in [0.05, 0.1) is 24.4 Å². The number of ether oxygens (including phenoxy) is 2. The number of sulfone groups is 1. The predicted molar refractivity (Wildman–Crippen MR) is 114 cm³/mol. The maximum Gasteiger partial charge on any atom is 0.182 e. The molecule has 1 unspecified atom stereocenters. The normalized spacial score (nSPS) is 22.1. The zero-order valence-corrected chi connectivity index (χ0v) is 18.6. The number of methoxy groups -OCH3 is 2. The van der Waals surface area contributed by atoms with Gasteiger partial charge >= 0.3 is 0 Å². The van der Waals surface area contributed by atoms with Gasteiger partial charge in [-0.25, -0.2) is 17.2 Å². The van der Waals surface area contributed by atoms with Crippen molar-refractivity contribution in [3.05, 3.63) is 53.3 Å². The number of halogens is 2. The molecule has 0 N–H and O–H groups in total. The van der Waals surface area contributed by atoms with Gasteiger partial charge in [-0.3, -0.25) is 4.90 Å². The van der Waals surface area contributed by atoms with Gasteiger partial charge in [0.2, 0.25) is 0 Å². The number of nitrogens with zero attached hydrogens (tertiary/aromatic N) is 1. The lowest BCUT2D eigenvalue weighted by Crippen LogP contribution is -2.44. The summed E-state index contributed by atoms with van der Waals surface area (Å²) in [5.74, 6) is 0.552. The van der Waals surface area contributed by atoms with Crippen LogP contribution in [0.1, 0.15) is 30.4 Å². The van der Waals surface area contributed by atoms with E-state index in [4.69, 9.17) is 9.47 Å². The fourth-order valence-corrected chi connectivity index (χ4v) is 6.69. The molecular formula is C23H27F2NO4S. The molecule has 2 aromatic rings. The van der Waals surface area contributed by atoms with Crippen LogP contribution in [0.2, 0.25) is 0 Å². The van der Waals surface area contributed by atoms with Crippen LogP contribution >= 0.6 is 0 Å². The first-order valence-corrected chi connectivity index (χ1v) is 11.9. The molecule has 0 saturated carbocycles. The van der Waals surface area contributed by atoms with Crippen LogP contribution < -0.4 is 9.47 Å². The number of hydrogen-bond acceptors (Lipinski definition) is 5. The summed E-state index contributed by atoms with van der Waals surface area (Å²) >= 11 is 0. The van der Waals surface area contributed by atoms with Gasteiger partial charge in [-0.2, -0.15) is 0 Å². The summed E-state index contributed by atoms with van der Waals surface area (Å²) in [6.45, 7) is 1.36. The van der Waals surface area contributed by atoms with E-state index < -0.39 is 20.8 Å². The molecule has 5 nitrogen and oxygen atoms in total. The minimum Gasteiger partial charge on any atom is -0.493 e. The number of fused-ring (bicyclic) bond motifs is 1. The molecule has 0 amide bonds. The number of likely N-dealkylation sites (tertiary alicyclic amines) is 1. The first-order chi connectivity index (χ1) is 14.8. The summed E-state index contributed by atoms with van der Waals surface area (Å²) in [6.07, 6.45) is 0.692. The molecule has 8 heteroatoms. The summed E-state index contributed by atoms with van der Waals surface area (Å²) in [6, 6.07) is 9.74. The molecule has 0 spiro atoms. The van der Waals surface area contributed by atoms with E-state index in [9.17, 15) is 12.8 Å². The quantitative estimate of drug-likeness (QED) is 0.666. The van der Waals surface area contributed by atoms with Gasteiger partial charge in [0.15, 0.2) is 21.3 Å². The van der Waals surface area contributed by atoms with E-state index in [0.29, 0.717) is 42.3 Å². The Balaban J connectivity index is 1.44. The van der Waals surface area contributed by atoms with Gasteiger partial charge in [-0.15, -0.1) is 0 Å². The maximum absolute atomic E-state index is 15.7. The molecule has 2 aliphatic rings. The fraction of sp³-hybridized carbons (Fsp3) is 0.478. The first-order valence-electron chi connectivity index (χ1n) is 10.4. The molecule has 2 aliphatic heterocycles. The minimum absolute atomic E-state index is 0.0395. The first kappa shape index (κ1) is 22.0. The Morgan fingerprint density at radius 1 is 1.10 bits per heavy atom. The highest BCUT2D eigenvalue weighted by molar-refractivity contribution is 7.92. The van der Waals surface area contributed by atoms with E-state index in [1.807, 2.05) is 4.90 Å². The number of benzene rings is 2. The van der Waals surface area contributed by atoms with Crippen molar-refractivity contribution in [3.8, 4) is 11.5 Å². The van der Waals surface area contributed by atoms with Crippen LogP contribution in [0.3, 0.4) is 0 Å². The average molecular weight is 452 g/mol. The second-order valence-electron chi connectivity index (χ2n) is 8.41. The third-order valence-electron chi connectivity index (χ3n) is 6.46. The standard InChI is InChI=1S/C23H27F2NO4S/c1-29-20-12-17-11-18(31(27,28)22(17)13-21(20)30-2)14-23(25)7-9-26(10-8-23)15-16-5-3-4-6-19(16)24/h3-6,12-13,18H,7-11,14-15H2,1-2H3. The Hall–Kier alpha value is -2.19. The zero-order chi connectivity index (χ0) is 22.2. The van der Waals surface area contributed by atoms with Gasteiger partial charge in [0.1, 0.15) is 11.5 Å². The molecule has 2 heterocycles. The maximum atomic E-state index is 15.7. The monoisotopic (exact) mass is 451 g/mol. The topological polar surface area (TPSA) is 55.8 Å². The van der Waals surface area contributed by atoms with Crippen molar-refractivity contribution >= 4 is 9.84 Å². The van der Waals surface area contributed by atoms with E-state index in [-0.39, 0.29) is 36.4 Å². The molecule has 4 rings (SSSR count). The van der Waals surface area contributed by atoms with Crippen molar-refractivity contribution in [1.82, 2.24) is 4.90 Å². The number of rotatable bonds is 6. The molecule has 2 aromatic carbocycles. The Morgan fingerprint density at radius 3 is 2.39 bits per heavy atom. The molecule has 1 atom stereocenters. The highest BCUT2D eigenvalue weighted by Crippen LogP contribution is 2.43. The van der Waals surface area contributed by atoms with Crippen molar-refractivity contribution in [2.75, 3.05) is 27.3 Å². The highest BCUT2D eigenvalue weighted by atomic mass is 32.2. The van der Waals surface area contributed by atoms with Gasteiger partial charge in [0.25, 0.3) is 0 Å². The van der Waals surface area contributed by atoms with Gasteiger partial charge in [-0.05, 0) is 43.4 Å². The molecule has 1 fully saturated rings. The third-order valence-corrected chi connectivity index (χ3v) is 8.66. The summed E-state index contributed by atoms with van der Waals surface area (Å²) in [7, 11) is -0.698. The Bertz CT molecular complexity index is 1070. The van der Waals surface area contributed by atoms with Crippen LogP contribution in [0.5, 0.6) is 11.5 Å². The predicted octanol–water partition coefficient (Wildman–Crippen LogP) is 3.94. The lowest BCUT2D eigenvalue weighted by atomic mass is 9.87.